The largest absolute Gasteiger partial charge is 0.401 e. The summed E-state index contributed by atoms with van der Waals surface area (Å²) in [6, 6.07) is 9.08. The summed E-state index contributed by atoms with van der Waals surface area (Å²) < 4.78 is 15.4. The summed E-state index contributed by atoms with van der Waals surface area (Å²) in [6.07, 6.45) is 1.49. The van der Waals surface area contributed by atoms with Crippen LogP contribution >= 0.6 is 0 Å². The van der Waals surface area contributed by atoms with Crippen LogP contribution < -0.4 is 4.18 Å². The van der Waals surface area contributed by atoms with E-state index in [1.165, 1.54) is 13.1 Å². The Morgan fingerprint density at radius 3 is 2.17 bits per heavy atom. The summed E-state index contributed by atoms with van der Waals surface area (Å²) in [7, 11) is 4.50. The molecule has 1 rings (SSSR count). The fourth-order valence-electron chi connectivity index (χ4n) is 0.612. The van der Waals surface area contributed by atoms with E-state index < -0.39 is 11.1 Å². The lowest BCUT2D eigenvalue weighted by molar-refractivity contribution is 0.568. The molecule has 0 aliphatic heterocycles. The molecule has 4 heteroatoms. The van der Waals surface area contributed by atoms with E-state index in [1.807, 2.05) is 18.2 Å². The van der Waals surface area contributed by atoms with Crippen molar-refractivity contribution in [3.05, 3.63) is 30.3 Å². The van der Waals surface area contributed by atoms with Crippen LogP contribution in [0.25, 0.3) is 0 Å². The van der Waals surface area contributed by atoms with Gasteiger partial charge in [0.1, 0.15) is 5.75 Å². The van der Waals surface area contributed by atoms with Crippen molar-refractivity contribution in [2.24, 2.45) is 0 Å². The fraction of sp³-hybridized carbons (Fsp3) is 0.250. The summed E-state index contributed by atoms with van der Waals surface area (Å²) in [5, 5.41) is 0. The molecule has 2 radical (unpaired) electrons. The molecule has 12 heavy (non-hydrogen) atoms. The van der Waals surface area contributed by atoms with Gasteiger partial charge in [0, 0.05) is 6.26 Å². The Balaban J connectivity index is 0.000000561. The minimum atomic E-state index is -1.22. The molecular formula is C8H11BO2S. The molecule has 0 saturated heterocycles. The van der Waals surface area contributed by atoms with E-state index in [9.17, 15) is 4.21 Å². The summed E-state index contributed by atoms with van der Waals surface area (Å²) in [4.78, 5) is 0. The molecule has 0 amide bonds. The van der Waals surface area contributed by atoms with Gasteiger partial charge in [-0.25, -0.2) is 4.21 Å². The van der Waals surface area contributed by atoms with Crippen LogP contribution in [0.1, 0.15) is 0 Å². The lowest BCUT2D eigenvalue weighted by atomic mass is 10.2. The predicted octanol–water partition coefficient (Wildman–Crippen LogP) is 1.56. The molecule has 0 aliphatic carbocycles. The third-order valence-corrected chi connectivity index (χ3v) is 1.38. The van der Waals surface area contributed by atoms with Gasteiger partial charge in [-0.3, -0.25) is 0 Å². The van der Waals surface area contributed by atoms with Crippen molar-refractivity contribution in [3.8, 4) is 5.75 Å². The minimum absolute atomic E-state index is 0.642. The third kappa shape index (κ3) is 4.96. The molecule has 1 aromatic rings. The zero-order valence-corrected chi connectivity index (χ0v) is 8.01. The monoisotopic (exact) mass is 182 g/mol. The van der Waals surface area contributed by atoms with Crippen molar-refractivity contribution in [1.29, 1.82) is 0 Å². The molecule has 0 saturated carbocycles. The second-order valence-electron chi connectivity index (χ2n) is 1.80. The molecule has 0 spiro atoms. The van der Waals surface area contributed by atoms with E-state index in [2.05, 4.69) is 7.85 Å². The van der Waals surface area contributed by atoms with Crippen molar-refractivity contribution in [2.45, 2.75) is 6.82 Å². The fourth-order valence-corrected chi connectivity index (χ4v) is 0.994. The van der Waals surface area contributed by atoms with E-state index in [0.717, 1.165) is 0 Å². The SMILES string of the molecule is CS(=O)Oc1ccccc1.[B]C. The zero-order valence-electron chi connectivity index (χ0n) is 7.19. The minimum Gasteiger partial charge on any atom is -0.401 e. The van der Waals surface area contributed by atoms with Gasteiger partial charge in [0.2, 0.25) is 11.1 Å². The smallest absolute Gasteiger partial charge is 0.203 e. The van der Waals surface area contributed by atoms with Crippen molar-refractivity contribution >= 4 is 18.9 Å². The Bertz CT molecular complexity index is 226. The Morgan fingerprint density at radius 1 is 1.25 bits per heavy atom. The van der Waals surface area contributed by atoms with Gasteiger partial charge in [-0.05, 0) is 12.1 Å². The van der Waals surface area contributed by atoms with Crippen LogP contribution in [0.3, 0.4) is 0 Å². The van der Waals surface area contributed by atoms with Crippen molar-refractivity contribution in [3.63, 3.8) is 0 Å². The topological polar surface area (TPSA) is 26.3 Å². The number of hydrogen-bond acceptors (Lipinski definition) is 2. The van der Waals surface area contributed by atoms with Crippen LogP contribution in [-0.4, -0.2) is 18.3 Å². The van der Waals surface area contributed by atoms with Gasteiger partial charge in [0.25, 0.3) is 0 Å². The van der Waals surface area contributed by atoms with Crippen molar-refractivity contribution in [1.82, 2.24) is 0 Å². The second-order valence-corrected chi connectivity index (χ2v) is 2.77. The van der Waals surface area contributed by atoms with E-state index in [0.29, 0.717) is 5.75 Å². The first kappa shape index (κ1) is 11.2. The van der Waals surface area contributed by atoms with Gasteiger partial charge in [-0.1, -0.05) is 25.0 Å². The second kappa shape index (κ2) is 6.92. The zero-order chi connectivity index (χ0) is 9.40. The molecular weight excluding hydrogens is 171 g/mol. The maximum atomic E-state index is 10.5. The number of hydrogen-bond donors (Lipinski definition) is 0. The highest BCUT2D eigenvalue weighted by Gasteiger charge is 1.91. The standard InChI is InChI=1S/C7H8O2S.CH3B/c1-10(8)9-7-5-3-2-4-6-7;1-2/h2-6H,1H3;1H3. The van der Waals surface area contributed by atoms with Crippen molar-refractivity contribution < 1.29 is 8.39 Å². The normalized spacial score (nSPS) is 10.8. The third-order valence-electron chi connectivity index (χ3n) is 0.957. The van der Waals surface area contributed by atoms with Crippen LogP contribution in [0.2, 0.25) is 6.82 Å². The lowest BCUT2D eigenvalue weighted by Gasteiger charge is -1.97. The molecule has 1 atom stereocenters. The summed E-state index contributed by atoms with van der Waals surface area (Å²) >= 11 is -1.22. The van der Waals surface area contributed by atoms with Crippen LogP contribution in [0, 0.1) is 0 Å². The summed E-state index contributed by atoms with van der Waals surface area (Å²) in [5.74, 6) is 0.642. The van der Waals surface area contributed by atoms with E-state index in [-0.39, 0.29) is 0 Å². The molecule has 1 unspecified atom stereocenters. The van der Waals surface area contributed by atoms with Gasteiger partial charge >= 0.3 is 0 Å². The average Bonchev–Trinajstić information content (AvgIpc) is 2.08. The maximum Gasteiger partial charge on any atom is 0.203 e. The first-order chi connectivity index (χ1) is 5.79. The number of para-hydroxylation sites is 1. The van der Waals surface area contributed by atoms with Crippen LogP contribution in [0.5, 0.6) is 5.75 Å². The molecule has 0 fully saturated rings. The summed E-state index contributed by atoms with van der Waals surface area (Å²) in [6.45, 7) is 1.50. The molecule has 0 aromatic heterocycles. The van der Waals surface area contributed by atoms with E-state index >= 15 is 0 Å². The molecule has 0 N–H and O–H groups in total. The summed E-state index contributed by atoms with van der Waals surface area (Å²) in [5.41, 5.74) is 0. The van der Waals surface area contributed by atoms with Crippen molar-refractivity contribution in [2.75, 3.05) is 6.26 Å². The van der Waals surface area contributed by atoms with Gasteiger partial charge in [-0.2, -0.15) is 0 Å². The maximum absolute atomic E-state index is 10.5. The molecule has 64 valence electrons. The van der Waals surface area contributed by atoms with Crippen LogP contribution in [-0.2, 0) is 11.1 Å². The quantitative estimate of drug-likeness (QED) is 0.648. The molecule has 0 aliphatic rings. The van der Waals surface area contributed by atoms with Gasteiger partial charge in [0.15, 0.2) is 0 Å². The molecule has 0 heterocycles. The van der Waals surface area contributed by atoms with Gasteiger partial charge in [0.05, 0.1) is 7.85 Å². The first-order valence-electron chi connectivity index (χ1n) is 3.43. The predicted molar refractivity (Wildman–Crippen MR) is 52.8 cm³/mol. The van der Waals surface area contributed by atoms with Crippen LogP contribution in [0.15, 0.2) is 30.3 Å². The van der Waals surface area contributed by atoms with E-state index in [1.54, 1.807) is 12.1 Å². The highest BCUT2D eigenvalue weighted by Crippen LogP contribution is 2.08. The Hall–Kier alpha value is -0.765. The molecule has 2 nitrogen and oxygen atoms in total. The highest BCUT2D eigenvalue weighted by molar-refractivity contribution is 7.79. The Labute approximate surface area is 77.0 Å². The first-order valence-corrected chi connectivity index (χ1v) is 4.92. The van der Waals surface area contributed by atoms with Crippen LogP contribution in [0.4, 0.5) is 0 Å². The van der Waals surface area contributed by atoms with Gasteiger partial charge in [-0.15, -0.1) is 0 Å². The highest BCUT2D eigenvalue weighted by atomic mass is 32.2. The molecule has 0 bridgehead atoms. The molecule has 1 aromatic carbocycles. The van der Waals surface area contributed by atoms with E-state index in [4.69, 9.17) is 4.18 Å². The lowest BCUT2D eigenvalue weighted by Crippen LogP contribution is -1.95. The Morgan fingerprint density at radius 2 is 1.75 bits per heavy atom. The average molecular weight is 182 g/mol. The number of rotatable bonds is 2. The Kier molecular flexibility index (Phi) is 6.47. The number of benzene rings is 1. The van der Waals surface area contributed by atoms with Gasteiger partial charge < -0.3 is 4.18 Å².